The molecule has 124 valence electrons. The Morgan fingerprint density at radius 1 is 1.17 bits per heavy atom. The summed E-state index contributed by atoms with van der Waals surface area (Å²) in [6.45, 7) is 2.28. The number of rotatable bonds is 4. The van der Waals surface area contributed by atoms with E-state index in [2.05, 4.69) is 0 Å². The summed E-state index contributed by atoms with van der Waals surface area (Å²) in [5.74, 6) is 0.878. The van der Waals surface area contributed by atoms with Crippen LogP contribution in [0.1, 0.15) is 34.8 Å². The van der Waals surface area contributed by atoms with Crippen molar-refractivity contribution >= 4 is 17.4 Å². The van der Waals surface area contributed by atoms with Gasteiger partial charge in [-0.1, -0.05) is 12.1 Å². The summed E-state index contributed by atoms with van der Waals surface area (Å²) in [4.78, 5) is 26.2. The Morgan fingerprint density at radius 2 is 2.00 bits per heavy atom. The summed E-state index contributed by atoms with van der Waals surface area (Å²) in [6, 6.07) is 13.2. The number of nitrogens with zero attached hydrogens (tertiary/aromatic N) is 1. The van der Waals surface area contributed by atoms with Gasteiger partial charge < -0.3 is 9.64 Å². The molecule has 0 unspecified atom stereocenters. The first-order valence-electron chi connectivity index (χ1n) is 8.15. The van der Waals surface area contributed by atoms with Crippen LogP contribution in [0.15, 0.2) is 42.5 Å². The summed E-state index contributed by atoms with van der Waals surface area (Å²) in [5.41, 5.74) is 3.65. The number of ether oxygens (including phenoxy) is 1. The van der Waals surface area contributed by atoms with Gasteiger partial charge in [-0.05, 0) is 61.2 Å². The third-order valence-electron chi connectivity index (χ3n) is 4.40. The summed E-state index contributed by atoms with van der Waals surface area (Å²) < 4.78 is 5.22. The number of benzene rings is 2. The zero-order valence-electron chi connectivity index (χ0n) is 14.0. The van der Waals surface area contributed by atoms with E-state index in [9.17, 15) is 9.59 Å². The lowest BCUT2D eigenvalue weighted by molar-refractivity contribution is -0.118. The van der Waals surface area contributed by atoms with Gasteiger partial charge in [0.25, 0.3) is 0 Å². The van der Waals surface area contributed by atoms with Crippen molar-refractivity contribution in [2.75, 3.05) is 18.6 Å². The summed E-state index contributed by atoms with van der Waals surface area (Å²) in [6.07, 6.45) is 2.16. The van der Waals surface area contributed by atoms with Crippen LogP contribution in [-0.2, 0) is 17.6 Å². The second-order valence-corrected chi connectivity index (χ2v) is 6.08. The second kappa shape index (κ2) is 6.87. The molecule has 0 radical (unpaired) electrons. The molecule has 0 saturated heterocycles. The Labute approximate surface area is 142 Å². The second-order valence-electron chi connectivity index (χ2n) is 6.08. The molecule has 0 N–H and O–H groups in total. The maximum absolute atomic E-state index is 12.8. The zero-order chi connectivity index (χ0) is 17.1. The Bertz CT molecular complexity index is 782. The van der Waals surface area contributed by atoms with E-state index < -0.39 is 0 Å². The fourth-order valence-electron chi connectivity index (χ4n) is 3.13. The lowest BCUT2D eigenvalue weighted by Crippen LogP contribution is -2.36. The molecule has 2 aromatic rings. The molecule has 0 fully saturated rings. The Balaban J connectivity index is 1.83. The van der Waals surface area contributed by atoms with Crippen LogP contribution in [0.25, 0.3) is 0 Å². The number of anilines is 1. The van der Waals surface area contributed by atoms with Gasteiger partial charge in [-0.25, -0.2) is 0 Å². The van der Waals surface area contributed by atoms with Crippen molar-refractivity contribution in [1.82, 2.24) is 0 Å². The lowest BCUT2D eigenvalue weighted by Gasteiger charge is -2.30. The first kappa shape index (κ1) is 16.2. The summed E-state index contributed by atoms with van der Waals surface area (Å²) in [5, 5.41) is 0. The summed E-state index contributed by atoms with van der Waals surface area (Å²) in [7, 11) is 1.62. The number of hydrogen-bond acceptors (Lipinski definition) is 3. The molecule has 0 saturated carbocycles. The van der Waals surface area contributed by atoms with Crippen molar-refractivity contribution in [3.05, 3.63) is 59.2 Å². The van der Waals surface area contributed by atoms with Crippen LogP contribution in [0.2, 0.25) is 0 Å². The van der Waals surface area contributed by atoms with E-state index >= 15 is 0 Å². The molecule has 1 aliphatic rings. The van der Waals surface area contributed by atoms with E-state index in [1.807, 2.05) is 41.3 Å². The monoisotopic (exact) mass is 323 g/mol. The smallest absolute Gasteiger partial charge is 0.231 e. The third kappa shape index (κ3) is 3.32. The van der Waals surface area contributed by atoms with Gasteiger partial charge in [-0.2, -0.15) is 0 Å². The Hall–Kier alpha value is -2.62. The van der Waals surface area contributed by atoms with E-state index in [0.29, 0.717) is 12.0 Å². The first-order valence-corrected chi connectivity index (χ1v) is 8.15. The van der Waals surface area contributed by atoms with Crippen molar-refractivity contribution in [2.45, 2.75) is 26.2 Å². The number of methoxy groups -OCH3 is 1. The number of Topliss-reactive ketones (excluding diaryl/α,β-unsaturated/α-hetero) is 1. The predicted octanol–water partition coefficient (Wildman–Crippen LogP) is 3.42. The highest BCUT2D eigenvalue weighted by Gasteiger charge is 2.23. The number of ketones is 1. The number of hydrogen-bond donors (Lipinski definition) is 0. The van der Waals surface area contributed by atoms with Gasteiger partial charge in [-0.15, -0.1) is 0 Å². The van der Waals surface area contributed by atoms with Gasteiger partial charge in [0.1, 0.15) is 5.75 Å². The van der Waals surface area contributed by atoms with Crippen LogP contribution in [0.4, 0.5) is 5.69 Å². The van der Waals surface area contributed by atoms with Crippen LogP contribution in [-0.4, -0.2) is 25.3 Å². The summed E-state index contributed by atoms with van der Waals surface area (Å²) >= 11 is 0. The molecule has 0 aliphatic carbocycles. The van der Waals surface area contributed by atoms with E-state index in [1.54, 1.807) is 20.1 Å². The minimum absolute atomic E-state index is 0.0534. The van der Waals surface area contributed by atoms with E-state index in [4.69, 9.17) is 4.74 Å². The highest BCUT2D eigenvalue weighted by atomic mass is 16.5. The fourth-order valence-corrected chi connectivity index (χ4v) is 3.13. The molecular formula is C20H21NO3. The fraction of sp³-hybridized carbons (Fsp3) is 0.300. The first-order chi connectivity index (χ1) is 11.6. The maximum Gasteiger partial charge on any atom is 0.231 e. The van der Waals surface area contributed by atoms with E-state index in [-0.39, 0.29) is 11.7 Å². The molecule has 24 heavy (non-hydrogen) atoms. The number of carbonyl (C=O) groups is 2. The van der Waals surface area contributed by atoms with E-state index in [0.717, 1.165) is 42.0 Å². The van der Waals surface area contributed by atoms with Crippen molar-refractivity contribution < 1.29 is 14.3 Å². The van der Waals surface area contributed by atoms with E-state index in [1.165, 1.54) is 0 Å². The number of aryl methyl sites for hydroxylation is 1. The molecule has 1 amide bonds. The SMILES string of the molecule is COc1cccc(CC(=O)N2CCCc3cc(C(C)=O)ccc32)c1. The van der Waals surface area contributed by atoms with Gasteiger partial charge in [0.15, 0.2) is 5.78 Å². The normalized spacial score (nSPS) is 13.3. The number of amides is 1. The molecule has 0 atom stereocenters. The number of carbonyl (C=O) groups excluding carboxylic acids is 2. The highest BCUT2D eigenvalue weighted by Crippen LogP contribution is 2.29. The third-order valence-corrected chi connectivity index (χ3v) is 4.40. The number of fused-ring (bicyclic) bond motifs is 1. The van der Waals surface area contributed by atoms with Crippen LogP contribution >= 0.6 is 0 Å². The Morgan fingerprint density at radius 3 is 2.75 bits per heavy atom. The van der Waals surface area contributed by atoms with Crippen LogP contribution in [0, 0.1) is 0 Å². The lowest BCUT2D eigenvalue weighted by atomic mass is 9.97. The van der Waals surface area contributed by atoms with Crippen LogP contribution < -0.4 is 9.64 Å². The highest BCUT2D eigenvalue weighted by molar-refractivity contribution is 5.98. The minimum atomic E-state index is 0.0534. The van der Waals surface area contributed by atoms with Crippen molar-refractivity contribution in [3.8, 4) is 5.75 Å². The molecule has 1 aliphatic heterocycles. The zero-order valence-corrected chi connectivity index (χ0v) is 14.0. The van der Waals surface area contributed by atoms with Crippen molar-refractivity contribution in [2.24, 2.45) is 0 Å². The molecule has 0 aromatic heterocycles. The largest absolute Gasteiger partial charge is 0.497 e. The quantitative estimate of drug-likeness (QED) is 0.810. The maximum atomic E-state index is 12.8. The molecule has 1 heterocycles. The molecule has 0 bridgehead atoms. The average Bonchev–Trinajstić information content (AvgIpc) is 2.60. The topological polar surface area (TPSA) is 46.6 Å². The molecule has 4 heteroatoms. The van der Waals surface area contributed by atoms with Gasteiger partial charge in [0.2, 0.25) is 5.91 Å². The van der Waals surface area contributed by atoms with Crippen molar-refractivity contribution in [3.63, 3.8) is 0 Å². The van der Waals surface area contributed by atoms with Gasteiger partial charge in [-0.3, -0.25) is 9.59 Å². The Kier molecular flexibility index (Phi) is 4.65. The molecule has 3 rings (SSSR count). The van der Waals surface area contributed by atoms with Crippen LogP contribution in [0.3, 0.4) is 0 Å². The molecular weight excluding hydrogens is 302 g/mol. The molecule has 2 aromatic carbocycles. The molecule has 4 nitrogen and oxygen atoms in total. The van der Waals surface area contributed by atoms with Crippen molar-refractivity contribution in [1.29, 1.82) is 0 Å². The van der Waals surface area contributed by atoms with Gasteiger partial charge in [0, 0.05) is 17.8 Å². The van der Waals surface area contributed by atoms with Gasteiger partial charge in [0.05, 0.1) is 13.5 Å². The van der Waals surface area contributed by atoms with Gasteiger partial charge >= 0.3 is 0 Å². The van der Waals surface area contributed by atoms with Crippen LogP contribution in [0.5, 0.6) is 5.75 Å². The average molecular weight is 323 g/mol. The standard InChI is InChI=1S/C20H21NO3/c1-14(22)16-8-9-19-17(13-16)6-4-10-21(19)20(23)12-15-5-3-7-18(11-15)24-2/h3,5,7-9,11,13H,4,6,10,12H2,1-2H3. The molecule has 0 spiro atoms. The predicted molar refractivity (Wildman–Crippen MR) is 93.8 cm³/mol. The minimum Gasteiger partial charge on any atom is -0.497 e.